The van der Waals surface area contributed by atoms with Gasteiger partial charge in [-0.3, -0.25) is 4.98 Å². The number of methoxy groups -OCH3 is 1. The van der Waals surface area contributed by atoms with Gasteiger partial charge in [0.15, 0.2) is 11.6 Å². The zero-order valence-electron chi connectivity index (χ0n) is 18.8. The quantitative estimate of drug-likeness (QED) is 0.367. The zero-order chi connectivity index (χ0) is 24.6. The Kier molecular flexibility index (Phi) is 9.45. The second-order valence-corrected chi connectivity index (χ2v) is 8.86. The molecule has 1 heterocycles. The van der Waals surface area contributed by atoms with E-state index in [1.165, 1.54) is 37.7 Å². The van der Waals surface area contributed by atoms with E-state index in [2.05, 4.69) is 36.0 Å². The molecule has 2 aromatic rings. The molecule has 178 valence electrons. The molecule has 0 bridgehead atoms. The lowest BCUT2D eigenvalue weighted by Crippen LogP contribution is -2.38. The van der Waals surface area contributed by atoms with Crippen LogP contribution < -0.4 is 5.32 Å². The lowest BCUT2D eigenvalue weighted by Gasteiger charge is -2.30. The molecule has 0 fully saturated rings. The third kappa shape index (κ3) is 7.88. The SMILES string of the molecule is COC(=O)C=CCC[C@@H](c1cccc(F)c1F)[C@H](NC(=O)OC(C)(C)C)c1nccnc1Br. The van der Waals surface area contributed by atoms with Gasteiger partial charge < -0.3 is 14.8 Å². The number of esters is 1. The van der Waals surface area contributed by atoms with E-state index in [-0.39, 0.29) is 12.0 Å². The lowest BCUT2D eigenvalue weighted by molar-refractivity contribution is -0.134. The molecule has 0 aliphatic rings. The first-order valence-corrected chi connectivity index (χ1v) is 11.0. The number of halogens is 3. The Morgan fingerprint density at radius 2 is 1.91 bits per heavy atom. The van der Waals surface area contributed by atoms with E-state index >= 15 is 0 Å². The molecule has 0 unspecified atom stereocenters. The number of carbonyl (C=O) groups excluding carboxylic acids is 2. The summed E-state index contributed by atoms with van der Waals surface area (Å²) in [7, 11) is 1.25. The Morgan fingerprint density at radius 1 is 1.21 bits per heavy atom. The van der Waals surface area contributed by atoms with Crippen LogP contribution in [0.5, 0.6) is 0 Å². The standard InChI is InChI=1S/C23H26BrF2N3O4/c1-23(2,3)33-22(31)29-19(20-21(24)28-13-12-27-20)15(8-5-6-11-17(30)32-4)14-9-7-10-16(25)18(14)26/h6-7,9-13,15,19H,5,8H2,1-4H3,(H,29,31)/t15-,19-/m0/s1. The van der Waals surface area contributed by atoms with Crippen LogP contribution in [0.15, 0.2) is 47.3 Å². The zero-order valence-corrected chi connectivity index (χ0v) is 20.4. The van der Waals surface area contributed by atoms with Gasteiger partial charge in [-0.2, -0.15) is 0 Å². The van der Waals surface area contributed by atoms with E-state index in [1.807, 2.05) is 0 Å². The number of amides is 1. The second-order valence-electron chi connectivity index (χ2n) is 8.11. The maximum Gasteiger partial charge on any atom is 0.408 e. The first-order valence-electron chi connectivity index (χ1n) is 10.2. The number of alkyl carbamates (subject to hydrolysis) is 1. The predicted molar refractivity (Wildman–Crippen MR) is 121 cm³/mol. The molecule has 1 amide bonds. The van der Waals surface area contributed by atoms with Crippen molar-refractivity contribution < 1.29 is 27.8 Å². The molecule has 10 heteroatoms. The average Bonchev–Trinajstić information content (AvgIpc) is 2.74. The number of hydrogen-bond donors (Lipinski definition) is 1. The fourth-order valence-electron chi connectivity index (χ4n) is 3.17. The van der Waals surface area contributed by atoms with Crippen molar-refractivity contribution in [3.63, 3.8) is 0 Å². The minimum Gasteiger partial charge on any atom is -0.466 e. The van der Waals surface area contributed by atoms with Gasteiger partial charge in [-0.1, -0.05) is 18.2 Å². The normalized spacial score (nSPS) is 13.4. The van der Waals surface area contributed by atoms with Gasteiger partial charge in [-0.05, 0) is 61.2 Å². The highest BCUT2D eigenvalue weighted by Gasteiger charge is 2.33. The number of ether oxygens (including phenoxy) is 2. The van der Waals surface area contributed by atoms with Gasteiger partial charge in [0.2, 0.25) is 0 Å². The molecule has 1 aromatic carbocycles. The smallest absolute Gasteiger partial charge is 0.408 e. The van der Waals surface area contributed by atoms with Crippen LogP contribution in [-0.4, -0.2) is 34.7 Å². The number of aromatic nitrogens is 2. The summed E-state index contributed by atoms with van der Waals surface area (Å²) in [5.74, 6) is -3.36. The van der Waals surface area contributed by atoms with Crippen molar-refractivity contribution in [2.24, 2.45) is 0 Å². The van der Waals surface area contributed by atoms with Crippen molar-refractivity contribution in [2.75, 3.05) is 7.11 Å². The maximum absolute atomic E-state index is 14.9. The third-order valence-corrected chi connectivity index (χ3v) is 5.14. The van der Waals surface area contributed by atoms with Crippen LogP contribution >= 0.6 is 15.9 Å². The summed E-state index contributed by atoms with van der Waals surface area (Å²) >= 11 is 3.32. The molecule has 0 aliphatic heterocycles. The van der Waals surface area contributed by atoms with Gasteiger partial charge in [-0.15, -0.1) is 0 Å². The Balaban J connectivity index is 2.51. The highest BCUT2D eigenvalue weighted by molar-refractivity contribution is 9.10. The minimum atomic E-state index is -1.03. The average molecular weight is 526 g/mol. The number of carbonyl (C=O) groups is 2. The first-order chi connectivity index (χ1) is 15.5. The van der Waals surface area contributed by atoms with E-state index in [0.717, 1.165) is 6.07 Å². The number of benzene rings is 1. The first kappa shape index (κ1) is 26.4. The van der Waals surface area contributed by atoms with Crippen LogP contribution in [0.1, 0.15) is 56.8 Å². The molecule has 1 aromatic heterocycles. The van der Waals surface area contributed by atoms with Crippen LogP contribution in [0.2, 0.25) is 0 Å². The van der Waals surface area contributed by atoms with Crippen LogP contribution in [0, 0.1) is 11.6 Å². The summed E-state index contributed by atoms with van der Waals surface area (Å²) in [6.45, 7) is 5.13. The van der Waals surface area contributed by atoms with Crippen molar-refractivity contribution in [2.45, 2.75) is 51.2 Å². The topological polar surface area (TPSA) is 90.4 Å². The molecule has 0 aliphatic carbocycles. The van der Waals surface area contributed by atoms with Crippen LogP contribution in [0.4, 0.5) is 13.6 Å². The summed E-state index contributed by atoms with van der Waals surface area (Å²) in [5, 5.41) is 2.74. The maximum atomic E-state index is 14.9. The molecule has 33 heavy (non-hydrogen) atoms. The van der Waals surface area contributed by atoms with Crippen molar-refractivity contribution >= 4 is 28.0 Å². The number of nitrogens with zero attached hydrogens (tertiary/aromatic N) is 2. The lowest BCUT2D eigenvalue weighted by atomic mass is 9.85. The van der Waals surface area contributed by atoms with E-state index in [1.54, 1.807) is 26.8 Å². The molecule has 0 saturated heterocycles. The second kappa shape index (κ2) is 11.8. The number of rotatable bonds is 8. The molecule has 0 saturated carbocycles. The van der Waals surface area contributed by atoms with Crippen LogP contribution in [-0.2, 0) is 14.3 Å². The van der Waals surface area contributed by atoms with Crippen molar-refractivity contribution in [3.05, 3.63) is 70.2 Å². The molecule has 7 nitrogen and oxygen atoms in total. The Bertz CT molecular complexity index is 1010. The highest BCUT2D eigenvalue weighted by atomic mass is 79.9. The largest absolute Gasteiger partial charge is 0.466 e. The molecule has 2 rings (SSSR count). The van der Waals surface area contributed by atoms with Gasteiger partial charge in [-0.25, -0.2) is 23.4 Å². The molecule has 0 spiro atoms. The van der Waals surface area contributed by atoms with E-state index in [9.17, 15) is 18.4 Å². The summed E-state index contributed by atoms with van der Waals surface area (Å²) in [6, 6.07) is 2.93. The number of hydrogen-bond acceptors (Lipinski definition) is 6. The minimum absolute atomic E-state index is 0.0417. The molecule has 1 N–H and O–H groups in total. The van der Waals surface area contributed by atoms with Gasteiger partial charge >= 0.3 is 12.1 Å². The Morgan fingerprint density at radius 3 is 2.55 bits per heavy atom. The summed E-state index contributed by atoms with van der Waals surface area (Å²) in [5.41, 5.74) is -0.425. The van der Waals surface area contributed by atoms with Gasteiger partial charge in [0, 0.05) is 24.4 Å². The van der Waals surface area contributed by atoms with Crippen molar-refractivity contribution in [3.8, 4) is 0 Å². The summed E-state index contributed by atoms with van der Waals surface area (Å²) in [4.78, 5) is 32.5. The molecule has 2 atom stereocenters. The van der Waals surface area contributed by atoms with Gasteiger partial charge in [0.1, 0.15) is 10.2 Å². The van der Waals surface area contributed by atoms with Crippen LogP contribution in [0.25, 0.3) is 0 Å². The van der Waals surface area contributed by atoms with E-state index in [4.69, 9.17) is 4.74 Å². The molecular formula is C23H26BrF2N3O4. The molecule has 0 radical (unpaired) electrons. The predicted octanol–water partition coefficient (Wildman–Crippen LogP) is 5.38. The summed E-state index contributed by atoms with van der Waals surface area (Å²) < 4.78 is 39.3. The summed E-state index contributed by atoms with van der Waals surface area (Å²) in [6.07, 6.45) is 5.48. The van der Waals surface area contributed by atoms with Crippen molar-refractivity contribution in [1.82, 2.24) is 15.3 Å². The van der Waals surface area contributed by atoms with Crippen molar-refractivity contribution in [1.29, 1.82) is 0 Å². The number of nitrogens with one attached hydrogen (secondary N) is 1. The van der Waals surface area contributed by atoms with Gasteiger partial charge in [0.25, 0.3) is 0 Å². The number of allylic oxidation sites excluding steroid dienone is 1. The molecular weight excluding hydrogens is 500 g/mol. The van der Waals surface area contributed by atoms with E-state index < -0.39 is 41.3 Å². The Hall–Kier alpha value is -2.88. The van der Waals surface area contributed by atoms with Crippen LogP contribution in [0.3, 0.4) is 0 Å². The van der Waals surface area contributed by atoms with E-state index in [0.29, 0.717) is 16.7 Å². The highest BCUT2D eigenvalue weighted by Crippen LogP contribution is 2.38. The van der Waals surface area contributed by atoms with Gasteiger partial charge in [0.05, 0.1) is 18.8 Å². The Labute approximate surface area is 199 Å². The monoisotopic (exact) mass is 525 g/mol. The fourth-order valence-corrected chi connectivity index (χ4v) is 3.63. The fraction of sp³-hybridized carbons (Fsp3) is 0.391. The third-order valence-electron chi connectivity index (χ3n) is 4.53.